The van der Waals surface area contributed by atoms with E-state index in [1.54, 1.807) is 0 Å². The first-order valence-corrected chi connectivity index (χ1v) is 6.91. The number of aromatic carboxylic acids is 1. The number of rotatable bonds is 3. The molecule has 1 unspecified atom stereocenters. The third kappa shape index (κ3) is 2.73. The Kier molecular flexibility index (Phi) is 4.20. The average Bonchev–Trinajstić information content (AvgIpc) is 2.77. The predicted molar refractivity (Wildman–Crippen MR) is 75.7 cm³/mol. The number of anilines is 1. The molecule has 1 fully saturated rings. The van der Waals surface area contributed by atoms with E-state index in [0.717, 1.165) is 11.0 Å². The van der Waals surface area contributed by atoms with Gasteiger partial charge in [-0.25, -0.2) is 9.18 Å². The van der Waals surface area contributed by atoms with Gasteiger partial charge < -0.3 is 15.7 Å². The van der Waals surface area contributed by atoms with Gasteiger partial charge >= 0.3 is 5.97 Å². The van der Waals surface area contributed by atoms with E-state index >= 15 is 0 Å². The molecule has 0 radical (unpaired) electrons. The van der Waals surface area contributed by atoms with E-state index in [2.05, 4.69) is 15.9 Å². The van der Waals surface area contributed by atoms with Crippen LogP contribution in [0.1, 0.15) is 16.8 Å². The van der Waals surface area contributed by atoms with E-state index in [-0.39, 0.29) is 22.5 Å². The lowest BCUT2D eigenvalue weighted by Gasteiger charge is -2.20. The Morgan fingerprint density at radius 1 is 1.52 bits per heavy atom. The summed E-state index contributed by atoms with van der Waals surface area (Å²) in [6.07, 6.45) is -0.186. The number of halogens is 3. The number of benzene rings is 1. The fourth-order valence-electron chi connectivity index (χ4n) is 2.13. The van der Waals surface area contributed by atoms with Crippen molar-refractivity contribution in [3.8, 4) is 0 Å². The second-order valence-corrected chi connectivity index (χ2v) is 5.70. The van der Waals surface area contributed by atoms with Crippen LogP contribution in [0.5, 0.6) is 0 Å². The molecule has 1 heterocycles. The summed E-state index contributed by atoms with van der Waals surface area (Å²) in [5, 5.41) is 9.02. The summed E-state index contributed by atoms with van der Waals surface area (Å²) in [6, 6.07) is 1.04. The Morgan fingerprint density at radius 2 is 2.14 bits per heavy atom. The molecule has 0 aromatic heterocycles. The van der Waals surface area contributed by atoms with Crippen LogP contribution >= 0.6 is 27.5 Å². The van der Waals surface area contributed by atoms with Crippen molar-refractivity contribution >= 4 is 51.0 Å². The molecule has 21 heavy (non-hydrogen) atoms. The van der Waals surface area contributed by atoms with Crippen LogP contribution in [-0.2, 0) is 9.59 Å². The van der Waals surface area contributed by atoms with Crippen molar-refractivity contribution in [3.05, 3.63) is 26.9 Å². The van der Waals surface area contributed by atoms with Gasteiger partial charge in [-0.1, -0.05) is 11.6 Å². The van der Waals surface area contributed by atoms with E-state index in [0.29, 0.717) is 0 Å². The molecule has 6 nitrogen and oxygen atoms in total. The average molecular weight is 380 g/mol. The Morgan fingerprint density at radius 3 is 2.62 bits per heavy atom. The highest BCUT2D eigenvalue weighted by atomic mass is 79.9. The molecule has 2 rings (SSSR count). The molecule has 1 saturated heterocycles. The van der Waals surface area contributed by atoms with Gasteiger partial charge in [0.25, 0.3) is 0 Å². The largest absolute Gasteiger partial charge is 0.478 e. The smallest absolute Gasteiger partial charge is 0.337 e. The highest BCUT2D eigenvalue weighted by Crippen LogP contribution is 2.38. The van der Waals surface area contributed by atoms with Gasteiger partial charge in [0.2, 0.25) is 11.8 Å². The SMILES string of the molecule is NC(=O)C1CC(=O)N(c2c(C(=O)O)cc(Cl)c(Br)c2F)C1. The van der Waals surface area contributed by atoms with Crippen molar-refractivity contribution in [2.75, 3.05) is 11.4 Å². The zero-order valence-electron chi connectivity index (χ0n) is 10.4. The lowest BCUT2D eigenvalue weighted by Crippen LogP contribution is -2.30. The normalized spacial score (nSPS) is 18.1. The lowest BCUT2D eigenvalue weighted by atomic mass is 10.1. The molecule has 3 N–H and O–H groups in total. The lowest BCUT2D eigenvalue weighted by molar-refractivity contribution is -0.123. The number of carbonyl (C=O) groups excluding carboxylic acids is 2. The van der Waals surface area contributed by atoms with E-state index in [1.165, 1.54) is 0 Å². The van der Waals surface area contributed by atoms with Gasteiger partial charge in [-0.2, -0.15) is 0 Å². The summed E-state index contributed by atoms with van der Waals surface area (Å²) in [7, 11) is 0. The van der Waals surface area contributed by atoms with Crippen LogP contribution < -0.4 is 10.6 Å². The molecule has 0 aliphatic carbocycles. The van der Waals surface area contributed by atoms with Gasteiger partial charge in [0.15, 0.2) is 5.82 Å². The molecule has 0 spiro atoms. The Bertz CT molecular complexity index is 667. The number of amides is 2. The van der Waals surface area contributed by atoms with E-state index in [9.17, 15) is 18.8 Å². The summed E-state index contributed by atoms with van der Waals surface area (Å²) in [4.78, 5) is 35.2. The van der Waals surface area contributed by atoms with Crippen molar-refractivity contribution < 1.29 is 23.9 Å². The summed E-state index contributed by atoms with van der Waals surface area (Å²) in [5.41, 5.74) is 4.25. The zero-order chi connectivity index (χ0) is 15.9. The first-order chi connectivity index (χ1) is 9.73. The number of carbonyl (C=O) groups is 3. The van der Waals surface area contributed by atoms with E-state index in [4.69, 9.17) is 22.4 Å². The Hall–Kier alpha value is -1.67. The third-order valence-electron chi connectivity index (χ3n) is 3.16. The van der Waals surface area contributed by atoms with Crippen LogP contribution in [0.4, 0.5) is 10.1 Å². The van der Waals surface area contributed by atoms with Gasteiger partial charge in [0.05, 0.1) is 26.7 Å². The minimum Gasteiger partial charge on any atom is -0.478 e. The molecule has 1 aromatic carbocycles. The number of nitrogens with zero attached hydrogens (tertiary/aromatic N) is 1. The molecular formula is C12H9BrClFN2O4. The van der Waals surface area contributed by atoms with Crippen LogP contribution in [0.2, 0.25) is 5.02 Å². The maximum Gasteiger partial charge on any atom is 0.337 e. The standard InChI is InChI=1S/C12H9BrClFN2O4/c13-8-6(14)2-5(12(20)21)10(9(8)15)17-3-4(11(16)19)1-7(17)18/h2,4H,1,3H2,(H2,16,19)(H,20,21). The predicted octanol–water partition coefficient (Wildman–Crippen LogP) is 1.78. The fourth-order valence-corrected chi connectivity index (χ4v) is 2.62. The highest BCUT2D eigenvalue weighted by Gasteiger charge is 2.38. The summed E-state index contributed by atoms with van der Waals surface area (Å²) >= 11 is 8.62. The van der Waals surface area contributed by atoms with Crippen LogP contribution in [-0.4, -0.2) is 29.4 Å². The summed E-state index contributed by atoms with van der Waals surface area (Å²) in [5.74, 6) is -4.47. The van der Waals surface area contributed by atoms with Crippen molar-refractivity contribution in [1.82, 2.24) is 0 Å². The maximum atomic E-state index is 14.3. The first kappa shape index (κ1) is 15.7. The number of primary amides is 1. The maximum absolute atomic E-state index is 14.3. The second kappa shape index (κ2) is 5.61. The van der Waals surface area contributed by atoms with E-state index < -0.39 is 40.8 Å². The van der Waals surface area contributed by atoms with Crippen LogP contribution in [0, 0.1) is 11.7 Å². The van der Waals surface area contributed by atoms with Gasteiger partial charge in [-0.3, -0.25) is 9.59 Å². The summed E-state index contributed by atoms with van der Waals surface area (Å²) < 4.78 is 14.2. The molecule has 2 amide bonds. The van der Waals surface area contributed by atoms with Crippen LogP contribution in [0.25, 0.3) is 0 Å². The molecule has 1 aromatic rings. The molecule has 0 bridgehead atoms. The minimum absolute atomic E-state index is 0.133. The molecule has 1 aliphatic heterocycles. The number of carboxylic acid groups (broad SMARTS) is 1. The van der Waals surface area contributed by atoms with Crippen molar-refractivity contribution in [2.45, 2.75) is 6.42 Å². The topological polar surface area (TPSA) is 101 Å². The number of hydrogen-bond donors (Lipinski definition) is 2. The molecule has 0 saturated carbocycles. The Labute approximate surface area is 131 Å². The molecule has 1 aliphatic rings. The van der Waals surface area contributed by atoms with Crippen LogP contribution in [0.15, 0.2) is 10.5 Å². The number of carboxylic acids is 1. The van der Waals surface area contributed by atoms with E-state index in [1.807, 2.05) is 0 Å². The van der Waals surface area contributed by atoms with Gasteiger partial charge in [-0.05, 0) is 22.0 Å². The quantitative estimate of drug-likeness (QED) is 0.782. The first-order valence-electron chi connectivity index (χ1n) is 5.74. The Balaban J connectivity index is 2.58. The van der Waals surface area contributed by atoms with Gasteiger partial charge in [-0.15, -0.1) is 0 Å². The molecule has 9 heteroatoms. The summed E-state index contributed by atoms with van der Waals surface area (Å²) in [6.45, 7) is -0.167. The van der Waals surface area contributed by atoms with Gasteiger partial charge in [0, 0.05) is 13.0 Å². The number of hydrogen-bond acceptors (Lipinski definition) is 3. The monoisotopic (exact) mass is 378 g/mol. The van der Waals surface area contributed by atoms with Crippen LogP contribution in [0.3, 0.4) is 0 Å². The third-order valence-corrected chi connectivity index (χ3v) is 4.47. The van der Waals surface area contributed by atoms with Crippen molar-refractivity contribution in [2.24, 2.45) is 11.7 Å². The van der Waals surface area contributed by atoms with Crippen molar-refractivity contribution in [3.63, 3.8) is 0 Å². The van der Waals surface area contributed by atoms with Crippen molar-refractivity contribution in [1.29, 1.82) is 0 Å². The molecule has 112 valence electrons. The number of nitrogens with two attached hydrogens (primary N) is 1. The fraction of sp³-hybridized carbons (Fsp3) is 0.250. The zero-order valence-corrected chi connectivity index (χ0v) is 12.7. The highest BCUT2D eigenvalue weighted by molar-refractivity contribution is 9.10. The second-order valence-electron chi connectivity index (χ2n) is 4.50. The van der Waals surface area contributed by atoms with Gasteiger partial charge in [0.1, 0.15) is 0 Å². The molecule has 1 atom stereocenters. The molecular weight excluding hydrogens is 370 g/mol. The minimum atomic E-state index is -1.44.